The molecule has 1 N–H and O–H groups in total. The summed E-state index contributed by atoms with van der Waals surface area (Å²) < 4.78 is 41.7. The first-order chi connectivity index (χ1) is 9.24. The zero-order valence-electron chi connectivity index (χ0n) is 11.0. The number of benzene rings is 1. The Labute approximate surface area is 113 Å². The Hall–Kier alpha value is -2.05. The van der Waals surface area contributed by atoms with Gasteiger partial charge in [-0.25, -0.2) is 4.79 Å². The van der Waals surface area contributed by atoms with Gasteiger partial charge in [-0.1, -0.05) is 12.1 Å². The summed E-state index contributed by atoms with van der Waals surface area (Å²) in [5, 5.41) is 2.39. The number of carbonyl (C=O) groups is 2. The maximum Gasteiger partial charge on any atom is 0.416 e. The van der Waals surface area contributed by atoms with Crippen LogP contribution in [0.1, 0.15) is 18.1 Å². The van der Waals surface area contributed by atoms with Gasteiger partial charge >= 0.3 is 12.1 Å². The number of amides is 1. The van der Waals surface area contributed by atoms with Crippen LogP contribution in [0.4, 0.5) is 13.2 Å². The molecule has 1 aromatic carbocycles. The van der Waals surface area contributed by atoms with E-state index in [1.165, 1.54) is 26.2 Å². The van der Waals surface area contributed by atoms with Crippen molar-refractivity contribution >= 4 is 11.9 Å². The van der Waals surface area contributed by atoms with E-state index in [0.717, 1.165) is 12.1 Å². The molecule has 7 heteroatoms. The molecule has 0 saturated heterocycles. The number of alkyl halides is 3. The molecule has 1 atom stereocenters. The van der Waals surface area contributed by atoms with Gasteiger partial charge in [0.25, 0.3) is 0 Å². The molecule has 0 aromatic heterocycles. The molecule has 1 unspecified atom stereocenters. The van der Waals surface area contributed by atoms with Crippen molar-refractivity contribution in [1.82, 2.24) is 5.32 Å². The van der Waals surface area contributed by atoms with Gasteiger partial charge in [0.2, 0.25) is 5.91 Å². The largest absolute Gasteiger partial charge is 0.467 e. The maximum absolute atomic E-state index is 12.4. The van der Waals surface area contributed by atoms with Gasteiger partial charge in [-0.05, 0) is 17.7 Å². The molecule has 0 heterocycles. The van der Waals surface area contributed by atoms with Crippen molar-refractivity contribution in [2.45, 2.75) is 25.6 Å². The van der Waals surface area contributed by atoms with Crippen LogP contribution in [0.2, 0.25) is 0 Å². The van der Waals surface area contributed by atoms with E-state index in [1.54, 1.807) is 0 Å². The first-order valence-corrected chi connectivity index (χ1v) is 5.75. The molecule has 1 aromatic rings. The van der Waals surface area contributed by atoms with Crippen molar-refractivity contribution in [2.75, 3.05) is 7.11 Å². The van der Waals surface area contributed by atoms with E-state index in [9.17, 15) is 22.8 Å². The summed E-state index contributed by atoms with van der Waals surface area (Å²) in [6.45, 7) is 1.24. The summed E-state index contributed by atoms with van der Waals surface area (Å²) in [5.74, 6) is -1.08. The van der Waals surface area contributed by atoms with Gasteiger partial charge in [-0.15, -0.1) is 0 Å². The Bertz CT molecular complexity index is 483. The highest BCUT2D eigenvalue weighted by Crippen LogP contribution is 2.29. The molecule has 4 nitrogen and oxygen atoms in total. The van der Waals surface area contributed by atoms with Crippen molar-refractivity contribution in [3.8, 4) is 0 Å². The second-order valence-corrected chi connectivity index (χ2v) is 4.18. The maximum atomic E-state index is 12.4. The fourth-order valence-corrected chi connectivity index (χ4v) is 1.65. The molecule has 1 amide bonds. The molecule has 0 aliphatic rings. The second-order valence-electron chi connectivity index (χ2n) is 4.18. The van der Waals surface area contributed by atoms with E-state index in [-0.39, 0.29) is 6.42 Å². The predicted molar refractivity (Wildman–Crippen MR) is 64.8 cm³/mol. The average Bonchev–Trinajstić information content (AvgIpc) is 2.36. The number of hydrogen-bond donors (Lipinski definition) is 1. The van der Waals surface area contributed by atoms with Gasteiger partial charge in [0, 0.05) is 13.3 Å². The Morgan fingerprint density at radius 2 is 1.80 bits per heavy atom. The van der Waals surface area contributed by atoms with Crippen LogP contribution in [0, 0.1) is 0 Å². The van der Waals surface area contributed by atoms with Crippen LogP contribution >= 0.6 is 0 Å². The number of halogens is 3. The van der Waals surface area contributed by atoms with Crippen LogP contribution in [-0.4, -0.2) is 25.0 Å². The predicted octanol–water partition coefficient (Wildman–Crippen LogP) is 1.93. The smallest absolute Gasteiger partial charge is 0.416 e. The van der Waals surface area contributed by atoms with Gasteiger partial charge in [0.15, 0.2) is 0 Å². The van der Waals surface area contributed by atoms with E-state index in [1.807, 2.05) is 0 Å². The standard InChI is InChI=1S/C13H14F3NO3/c1-8(18)17-11(12(19)20-2)7-9-3-5-10(6-4-9)13(14,15)16/h3-6,11H,7H2,1-2H3,(H,17,18). The molecule has 0 spiro atoms. The number of hydrogen-bond acceptors (Lipinski definition) is 3. The Balaban J connectivity index is 2.83. The molecule has 0 aliphatic carbocycles. The van der Waals surface area contributed by atoms with E-state index in [4.69, 9.17) is 0 Å². The van der Waals surface area contributed by atoms with Gasteiger partial charge in [0.1, 0.15) is 6.04 Å². The van der Waals surface area contributed by atoms with Crippen LogP contribution in [0.15, 0.2) is 24.3 Å². The molecule has 0 saturated carbocycles. The van der Waals surface area contributed by atoms with Gasteiger partial charge < -0.3 is 10.1 Å². The number of rotatable bonds is 4. The van der Waals surface area contributed by atoms with Crippen LogP contribution in [0.25, 0.3) is 0 Å². The second kappa shape index (κ2) is 6.40. The average molecular weight is 289 g/mol. The first-order valence-electron chi connectivity index (χ1n) is 5.75. The quantitative estimate of drug-likeness (QED) is 0.862. The van der Waals surface area contributed by atoms with Crippen LogP contribution < -0.4 is 5.32 Å². The fourth-order valence-electron chi connectivity index (χ4n) is 1.65. The van der Waals surface area contributed by atoms with Crippen molar-refractivity contribution in [3.05, 3.63) is 35.4 Å². The third-order valence-electron chi connectivity index (χ3n) is 2.58. The third-order valence-corrected chi connectivity index (χ3v) is 2.58. The molecule has 0 radical (unpaired) electrons. The summed E-state index contributed by atoms with van der Waals surface area (Å²) in [5.41, 5.74) is -0.280. The zero-order valence-corrected chi connectivity index (χ0v) is 11.0. The van der Waals surface area contributed by atoms with Gasteiger partial charge in [-0.3, -0.25) is 4.79 Å². The van der Waals surface area contributed by atoms with E-state index in [2.05, 4.69) is 10.1 Å². The minimum absolute atomic E-state index is 0.0599. The lowest BCUT2D eigenvalue weighted by Crippen LogP contribution is -2.41. The van der Waals surface area contributed by atoms with E-state index >= 15 is 0 Å². The van der Waals surface area contributed by atoms with Crippen molar-refractivity contribution in [3.63, 3.8) is 0 Å². The molecule has 0 fully saturated rings. The highest BCUT2D eigenvalue weighted by molar-refractivity contribution is 5.83. The number of esters is 1. The monoisotopic (exact) mass is 289 g/mol. The van der Waals surface area contributed by atoms with E-state index < -0.39 is 29.7 Å². The summed E-state index contributed by atoms with van der Waals surface area (Å²) >= 11 is 0. The SMILES string of the molecule is COC(=O)C(Cc1ccc(C(F)(F)F)cc1)NC(C)=O. The topological polar surface area (TPSA) is 55.4 Å². The normalized spacial score (nSPS) is 12.7. The number of methoxy groups -OCH3 is 1. The van der Waals surface area contributed by atoms with E-state index in [0.29, 0.717) is 5.56 Å². The van der Waals surface area contributed by atoms with Crippen LogP contribution in [-0.2, 0) is 26.9 Å². The summed E-state index contributed by atoms with van der Waals surface area (Å²) in [7, 11) is 1.17. The van der Waals surface area contributed by atoms with Crippen molar-refractivity contribution < 1.29 is 27.5 Å². The lowest BCUT2D eigenvalue weighted by molar-refractivity contribution is -0.144. The minimum Gasteiger partial charge on any atom is -0.467 e. The molecular weight excluding hydrogens is 275 g/mol. The fraction of sp³-hybridized carbons (Fsp3) is 0.385. The summed E-state index contributed by atoms with van der Waals surface area (Å²) in [6.07, 6.45) is -4.34. The lowest BCUT2D eigenvalue weighted by atomic mass is 10.0. The molecule has 0 aliphatic heterocycles. The summed E-state index contributed by atoms with van der Waals surface area (Å²) in [6, 6.07) is 3.46. The third kappa shape index (κ3) is 4.56. The highest BCUT2D eigenvalue weighted by Gasteiger charge is 2.30. The number of nitrogens with one attached hydrogen (secondary N) is 1. The molecular formula is C13H14F3NO3. The Kier molecular flexibility index (Phi) is 5.12. The molecule has 0 bridgehead atoms. The molecule has 20 heavy (non-hydrogen) atoms. The van der Waals surface area contributed by atoms with Crippen molar-refractivity contribution in [2.24, 2.45) is 0 Å². The molecule has 110 valence electrons. The Morgan fingerprint density at radius 1 is 1.25 bits per heavy atom. The van der Waals surface area contributed by atoms with Crippen molar-refractivity contribution in [1.29, 1.82) is 0 Å². The van der Waals surface area contributed by atoms with Gasteiger partial charge in [0.05, 0.1) is 12.7 Å². The van der Waals surface area contributed by atoms with Crippen LogP contribution in [0.5, 0.6) is 0 Å². The highest BCUT2D eigenvalue weighted by atomic mass is 19.4. The number of carbonyl (C=O) groups excluding carboxylic acids is 2. The lowest BCUT2D eigenvalue weighted by Gasteiger charge is -2.16. The van der Waals surface area contributed by atoms with Crippen LogP contribution in [0.3, 0.4) is 0 Å². The Morgan fingerprint density at radius 3 is 2.20 bits per heavy atom. The molecule has 1 rings (SSSR count). The van der Waals surface area contributed by atoms with Gasteiger partial charge in [-0.2, -0.15) is 13.2 Å². The zero-order chi connectivity index (χ0) is 15.3. The first kappa shape index (κ1) is 16.0. The minimum atomic E-state index is -4.40. The summed E-state index contributed by atoms with van der Waals surface area (Å²) in [4.78, 5) is 22.4. The number of ether oxygens (including phenoxy) is 1.